The van der Waals surface area contributed by atoms with Crippen molar-refractivity contribution in [2.45, 2.75) is 48.5 Å². The Balaban J connectivity index is 0.000000277. The van der Waals surface area contributed by atoms with Crippen molar-refractivity contribution >= 4 is 65.9 Å². The molecule has 51 heavy (non-hydrogen) atoms. The van der Waals surface area contributed by atoms with Crippen molar-refractivity contribution in [2.75, 3.05) is 4.90 Å². The molecular formula is C45H40FIrN2O2-. The van der Waals surface area contributed by atoms with Crippen LogP contribution in [-0.2, 0) is 24.9 Å². The quantitative estimate of drug-likeness (QED) is 0.0815. The van der Waals surface area contributed by atoms with Gasteiger partial charge in [0.25, 0.3) is 0 Å². The molecule has 1 N–H and O–H groups in total. The van der Waals surface area contributed by atoms with Crippen molar-refractivity contribution in [3.63, 3.8) is 0 Å². The molecule has 1 aliphatic rings. The maximum absolute atomic E-state index is 14.7. The van der Waals surface area contributed by atoms with E-state index >= 15 is 0 Å². The van der Waals surface area contributed by atoms with Crippen LogP contribution in [0, 0.1) is 29.6 Å². The van der Waals surface area contributed by atoms with Crippen LogP contribution in [0.25, 0.3) is 54.3 Å². The third-order valence-corrected chi connectivity index (χ3v) is 9.40. The van der Waals surface area contributed by atoms with Gasteiger partial charge in [-0.15, -0.1) is 17.5 Å². The standard InChI is InChI=1S/C34H20FN2.C11H20O2.Ir/c1-20-15-23(35)18-28-25(20)11-12-26-27-13-14-36-34-30-16-21-7-5-6-8-22(21)17-31(30)37(24-9-3-2-4-10-24)32(33(27)34)19-29(26)28;1-10(2,3)8(12)7-9(13)11(4,5)6;/h2-15,17-19H,1H3;7,12H,1-6H3;/q-1;;/b;8-7-;. The number of ketones is 1. The normalized spacial score (nSPS) is 12.8. The minimum absolute atomic E-state index is 0. The van der Waals surface area contributed by atoms with Crippen LogP contribution in [-0.4, -0.2) is 15.9 Å². The summed E-state index contributed by atoms with van der Waals surface area (Å²) in [6.45, 7) is 13.1. The molecule has 7 aromatic rings. The van der Waals surface area contributed by atoms with Gasteiger partial charge in [-0.2, -0.15) is 0 Å². The fraction of sp³-hybridized carbons (Fsp3) is 0.200. The first kappa shape index (κ1) is 35.9. The van der Waals surface area contributed by atoms with Crippen molar-refractivity contribution in [3.05, 3.63) is 133 Å². The van der Waals surface area contributed by atoms with Gasteiger partial charge in [0.2, 0.25) is 0 Å². The topological polar surface area (TPSA) is 53.4 Å². The van der Waals surface area contributed by atoms with Crippen LogP contribution in [0.2, 0.25) is 0 Å². The van der Waals surface area contributed by atoms with Crippen molar-refractivity contribution in [3.8, 4) is 11.3 Å². The maximum atomic E-state index is 14.7. The summed E-state index contributed by atoms with van der Waals surface area (Å²) in [5.74, 6) is -0.111. The summed E-state index contributed by atoms with van der Waals surface area (Å²) >= 11 is 0. The van der Waals surface area contributed by atoms with Crippen molar-refractivity contribution in [1.29, 1.82) is 0 Å². The van der Waals surface area contributed by atoms with Gasteiger partial charge < -0.3 is 10.0 Å². The molecule has 8 rings (SSSR count). The average molecular weight is 852 g/mol. The largest absolute Gasteiger partial charge is 0.512 e. The molecule has 6 aromatic carbocycles. The molecule has 0 unspecified atom stereocenters. The number of anilines is 3. The van der Waals surface area contributed by atoms with E-state index in [-0.39, 0.29) is 42.9 Å². The molecule has 1 aliphatic heterocycles. The first-order valence-corrected chi connectivity index (χ1v) is 16.9. The van der Waals surface area contributed by atoms with Gasteiger partial charge in [-0.3, -0.25) is 9.78 Å². The summed E-state index contributed by atoms with van der Waals surface area (Å²) in [5, 5.41) is 18.1. The van der Waals surface area contributed by atoms with Gasteiger partial charge in [0.05, 0.1) is 0 Å². The molecule has 0 amide bonds. The van der Waals surface area contributed by atoms with E-state index in [1.54, 1.807) is 12.1 Å². The van der Waals surface area contributed by atoms with Crippen LogP contribution < -0.4 is 4.90 Å². The Hall–Kier alpha value is -4.90. The molecule has 0 spiro atoms. The van der Waals surface area contributed by atoms with Gasteiger partial charge in [0, 0.05) is 60.3 Å². The molecule has 1 radical (unpaired) electrons. The summed E-state index contributed by atoms with van der Waals surface area (Å²) in [6.07, 6.45) is 3.22. The number of halogens is 1. The van der Waals surface area contributed by atoms with E-state index < -0.39 is 5.41 Å². The van der Waals surface area contributed by atoms with E-state index in [0.717, 1.165) is 77.0 Å². The van der Waals surface area contributed by atoms with E-state index in [4.69, 9.17) is 4.98 Å². The smallest absolute Gasteiger partial charge is 0.164 e. The van der Waals surface area contributed by atoms with Gasteiger partial charge in [0.15, 0.2) is 5.78 Å². The van der Waals surface area contributed by atoms with E-state index in [0.29, 0.717) is 0 Å². The van der Waals surface area contributed by atoms with Crippen LogP contribution >= 0.6 is 0 Å². The SMILES string of the molecule is CC(C)(C)C(=O)/C=C(\O)C(C)(C)C.Cc1cc(F)cc2c1ccc1c3ccnc4c3c(cc21)N(c1ccccc1)c1cc2ccccc2[c-]c1-4.[Ir]. The predicted molar refractivity (Wildman–Crippen MR) is 206 cm³/mol. The van der Waals surface area contributed by atoms with Crippen LogP contribution in [0.1, 0.15) is 47.1 Å². The molecular weight excluding hydrogens is 812 g/mol. The van der Waals surface area contributed by atoms with Crippen molar-refractivity contribution in [1.82, 2.24) is 4.98 Å². The zero-order chi connectivity index (χ0) is 35.5. The number of aryl methyl sites for hydroxylation is 1. The Labute approximate surface area is 312 Å². The second-order valence-electron chi connectivity index (χ2n) is 15.1. The fourth-order valence-electron chi connectivity index (χ4n) is 6.56. The first-order valence-electron chi connectivity index (χ1n) is 16.9. The van der Waals surface area contributed by atoms with Crippen molar-refractivity contribution in [2.24, 2.45) is 10.8 Å². The molecule has 1 aromatic heterocycles. The van der Waals surface area contributed by atoms with E-state index in [2.05, 4.69) is 83.8 Å². The van der Waals surface area contributed by atoms with Crippen LogP contribution in [0.4, 0.5) is 21.5 Å². The average Bonchev–Trinajstić information content (AvgIpc) is 3.07. The van der Waals surface area contributed by atoms with Crippen LogP contribution in [0.15, 0.2) is 115 Å². The summed E-state index contributed by atoms with van der Waals surface area (Å²) < 4.78 is 14.7. The summed E-state index contributed by atoms with van der Waals surface area (Å²) in [5.41, 5.74) is 5.24. The van der Waals surface area contributed by atoms with Gasteiger partial charge in [-0.05, 0) is 86.9 Å². The van der Waals surface area contributed by atoms with Crippen LogP contribution in [0.3, 0.4) is 0 Å². The molecule has 0 saturated carbocycles. The summed E-state index contributed by atoms with van der Waals surface area (Å²) in [6, 6.07) is 36.5. The number of pyridine rings is 1. The van der Waals surface area contributed by atoms with E-state index in [9.17, 15) is 14.3 Å². The number of carbonyl (C=O) groups excluding carboxylic acids is 1. The number of para-hydroxylation sites is 1. The number of allylic oxidation sites excluding steroid dienone is 2. The second kappa shape index (κ2) is 13.3. The third-order valence-electron chi connectivity index (χ3n) is 9.40. The Bertz CT molecular complexity index is 2510. The Morgan fingerprint density at radius 3 is 2.14 bits per heavy atom. The molecule has 0 saturated heterocycles. The van der Waals surface area contributed by atoms with Crippen LogP contribution in [0.5, 0.6) is 0 Å². The molecule has 6 heteroatoms. The number of hydrogen-bond donors (Lipinski definition) is 1. The number of rotatable bonds is 2. The maximum Gasteiger partial charge on any atom is 0.164 e. The number of aliphatic hydroxyl groups excluding tert-OH is 1. The van der Waals surface area contributed by atoms with Crippen molar-refractivity contribution < 1.29 is 34.4 Å². The predicted octanol–water partition coefficient (Wildman–Crippen LogP) is 12.5. The van der Waals surface area contributed by atoms with E-state index in [1.807, 2.05) is 66.8 Å². The zero-order valence-electron chi connectivity index (χ0n) is 29.9. The Kier molecular flexibility index (Phi) is 9.39. The summed E-state index contributed by atoms with van der Waals surface area (Å²) in [4.78, 5) is 18.7. The second-order valence-corrected chi connectivity index (χ2v) is 15.1. The molecule has 4 nitrogen and oxygen atoms in total. The minimum atomic E-state index is -0.417. The fourth-order valence-corrected chi connectivity index (χ4v) is 6.56. The molecule has 0 fully saturated rings. The number of hydrogen-bond acceptors (Lipinski definition) is 4. The number of carbonyl (C=O) groups is 1. The third kappa shape index (κ3) is 6.55. The van der Waals surface area contributed by atoms with Gasteiger partial charge in [-0.1, -0.05) is 107 Å². The number of aliphatic hydroxyl groups is 1. The Morgan fingerprint density at radius 2 is 1.43 bits per heavy atom. The number of nitrogens with zero attached hydrogens (tertiary/aromatic N) is 2. The van der Waals surface area contributed by atoms with E-state index in [1.165, 1.54) is 6.08 Å². The van der Waals surface area contributed by atoms with Gasteiger partial charge in [0.1, 0.15) is 11.6 Å². The molecule has 259 valence electrons. The molecule has 0 bridgehead atoms. The zero-order valence-corrected chi connectivity index (χ0v) is 32.2. The molecule has 0 atom stereocenters. The minimum Gasteiger partial charge on any atom is -0.512 e. The Morgan fingerprint density at radius 1 is 0.765 bits per heavy atom. The number of aromatic nitrogens is 1. The van der Waals surface area contributed by atoms with Gasteiger partial charge in [-0.25, -0.2) is 4.39 Å². The first-order chi connectivity index (χ1) is 23.7. The number of fused-ring (bicyclic) bond motifs is 7. The number of benzene rings is 6. The summed E-state index contributed by atoms with van der Waals surface area (Å²) in [7, 11) is 0. The monoisotopic (exact) mass is 852 g/mol. The molecule has 2 heterocycles. The molecule has 0 aliphatic carbocycles. The van der Waals surface area contributed by atoms with Gasteiger partial charge >= 0.3 is 0 Å².